The van der Waals surface area contributed by atoms with Gasteiger partial charge in [-0.25, -0.2) is 18.0 Å². The summed E-state index contributed by atoms with van der Waals surface area (Å²) in [6.07, 6.45) is 0.448. The molecule has 2 rings (SSSR count). The Hall–Kier alpha value is -3.40. The number of nitrogens with one attached hydrogen (secondary N) is 3. The van der Waals surface area contributed by atoms with Crippen LogP contribution in [0.5, 0.6) is 0 Å². The van der Waals surface area contributed by atoms with Crippen LogP contribution in [0, 0.1) is 13.8 Å². The van der Waals surface area contributed by atoms with E-state index in [0.717, 1.165) is 11.1 Å². The summed E-state index contributed by atoms with van der Waals surface area (Å²) in [7, 11) is -3.51. The van der Waals surface area contributed by atoms with Crippen LogP contribution >= 0.6 is 0 Å². The molecule has 0 unspecified atom stereocenters. The number of hydrogen-bond acceptors (Lipinski definition) is 6. The molecule has 0 fully saturated rings. The van der Waals surface area contributed by atoms with Gasteiger partial charge in [-0.1, -0.05) is 30.7 Å². The van der Waals surface area contributed by atoms with E-state index in [-0.39, 0.29) is 17.0 Å². The molecule has 0 aliphatic heterocycles. The Morgan fingerprint density at radius 3 is 2.45 bits per heavy atom. The SMILES string of the molecule is CCCS(=O)(=O)Nc1cccc(C(=O)OCC(=O)NC(=O)Nc2ccc(C)cc2C)c1. The smallest absolute Gasteiger partial charge is 0.338 e. The predicted octanol–water partition coefficient (Wildman–Crippen LogP) is 2.96. The fourth-order valence-corrected chi connectivity index (χ4v) is 3.82. The van der Waals surface area contributed by atoms with E-state index in [1.165, 1.54) is 24.3 Å². The Labute approximate surface area is 181 Å². The summed E-state index contributed by atoms with van der Waals surface area (Å²) in [6.45, 7) is 4.80. The highest BCUT2D eigenvalue weighted by atomic mass is 32.2. The van der Waals surface area contributed by atoms with Gasteiger partial charge in [-0.2, -0.15) is 0 Å². The number of esters is 1. The third kappa shape index (κ3) is 7.74. The summed E-state index contributed by atoms with van der Waals surface area (Å²) >= 11 is 0. The monoisotopic (exact) mass is 447 g/mol. The van der Waals surface area contributed by atoms with Gasteiger partial charge in [-0.05, 0) is 50.1 Å². The van der Waals surface area contributed by atoms with Gasteiger partial charge in [0.05, 0.1) is 11.3 Å². The second kappa shape index (κ2) is 10.6. The van der Waals surface area contributed by atoms with Crippen LogP contribution in [0.1, 0.15) is 34.8 Å². The second-order valence-electron chi connectivity index (χ2n) is 6.90. The summed E-state index contributed by atoms with van der Waals surface area (Å²) in [5.74, 6) is -1.69. The normalized spacial score (nSPS) is 10.8. The first-order valence-electron chi connectivity index (χ1n) is 9.55. The number of rotatable bonds is 8. The molecule has 0 atom stereocenters. The van der Waals surface area contributed by atoms with Crippen molar-refractivity contribution in [3.8, 4) is 0 Å². The van der Waals surface area contributed by atoms with Gasteiger partial charge >= 0.3 is 12.0 Å². The minimum atomic E-state index is -3.51. The van der Waals surface area contributed by atoms with E-state index < -0.39 is 34.5 Å². The molecule has 10 heteroatoms. The zero-order valence-corrected chi connectivity index (χ0v) is 18.3. The molecule has 0 aliphatic carbocycles. The number of imide groups is 1. The molecule has 166 valence electrons. The summed E-state index contributed by atoms with van der Waals surface area (Å²) < 4.78 is 31.0. The van der Waals surface area contributed by atoms with Crippen LogP contribution in [0.15, 0.2) is 42.5 Å². The van der Waals surface area contributed by atoms with Crippen LogP contribution in [0.2, 0.25) is 0 Å². The number of amides is 3. The van der Waals surface area contributed by atoms with Crippen molar-refractivity contribution in [1.82, 2.24) is 5.32 Å². The Balaban J connectivity index is 1.88. The largest absolute Gasteiger partial charge is 0.452 e. The number of benzene rings is 2. The molecule has 0 aliphatic rings. The van der Waals surface area contributed by atoms with Crippen molar-refractivity contribution < 1.29 is 27.5 Å². The van der Waals surface area contributed by atoms with Crippen molar-refractivity contribution in [2.75, 3.05) is 22.4 Å². The van der Waals surface area contributed by atoms with Crippen molar-refractivity contribution in [2.24, 2.45) is 0 Å². The van der Waals surface area contributed by atoms with Crippen molar-refractivity contribution >= 4 is 39.3 Å². The van der Waals surface area contributed by atoms with Gasteiger partial charge in [0.2, 0.25) is 10.0 Å². The Kier molecular flexibility index (Phi) is 8.14. The Bertz CT molecular complexity index is 1080. The first-order chi connectivity index (χ1) is 14.6. The molecule has 0 heterocycles. The molecular weight excluding hydrogens is 422 g/mol. The highest BCUT2D eigenvalue weighted by molar-refractivity contribution is 7.92. The second-order valence-corrected chi connectivity index (χ2v) is 8.74. The van der Waals surface area contributed by atoms with Crippen LogP contribution in [0.25, 0.3) is 0 Å². The Morgan fingerprint density at radius 2 is 1.77 bits per heavy atom. The third-order valence-electron chi connectivity index (χ3n) is 4.06. The van der Waals surface area contributed by atoms with Gasteiger partial charge < -0.3 is 10.1 Å². The minimum absolute atomic E-state index is 0.0496. The molecule has 0 aromatic heterocycles. The van der Waals surface area contributed by atoms with E-state index in [1.54, 1.807) is 13.0 Å². The van der Waals surface area contributed by atoms with Crippen LogP contribution in [0.4, 0.5) is 16.2 Å². The number of carbonyl (C=O) groups excluding carboxylic acids is 3. The number of hydrogen-bond donors (Lipinski definition) is 3. The van der Waals surface area contributed by atoms with E-state index in [2.05, 4.69) is 15.4 Å². The maximum Gasteiger partial charge on any atom is 0.338 e. The average Bonchev–Trinajstić information content (AvgIpc) is 2.68. The molecule has 3 N–H and O–H groups in total. The lowest BCUT2D eigenvalue weighted by atomic mass is 10.1. The van der Waals surface area contributed by atoms with E-state index in [1.807, 2.05) is 26.0 Å². The fourth-order valence-electron chi connectivity index (χ4n) is 2.69. The highest BCUT2D eigenvalue weighted by Crippen LogP contribution is 2.16. The molecule has 0 radical (unpaired) electrons. The first kappa shape index (κ1) is 23.9. The van der Waals surface area contributed by atoms with Crippen molar-refractivity contribution in [3.05, 3.63) is 59.2 Å². The molecule has 0 bridgehead atoms. The van der Waals surface area contributed by atoms with E-state index in [0.29, 0.717) is 12.1 Å². The quantitative estimate of drug-likeness (QED) is 0.533. The van der Waals surface area contributed by atoms with Crippen molar-refractivity contribution in [2.45, 2.75) is 27.2 Å². The molecule has 0 saturated heterocycles. The van der Waals surface area contributed by atoms with E-state index >= 15 is 0 Å². The van der Waals surface area contributed by atoms with Crippen LogP contribution in [0.3, 0.4) is 0 Å². The number of carbonyl (C=O) groups is 3. The van der Waals surface area contributed by atoms with Gasteiger partial charge in [0, 0.05) is 11.4 Å². The van der Waals surface area contributed by atoms with E-state index in [4.69, 9.17) is 4.74 Å². The standard InChI is InChI=1S/C21H25N3O6S/c1-4-10-31(28,29)24-17-7-5-6-16(12-17)20(26)30-13-19(25)23-21(27)22-18-9-8-14(2)11-15(18)3/h5-9,11-12,24H,4,10,13H2,1-3H3,(H2,22,23,25,27). The first-order valence-corrected chi connectivity index (χ1v) is 11.2. The fraction of sp³-hybridized carbons (Fsp3) is 0.286. The molecule has 0 saturated carbocycles. The molecule has 0 spiro atoms. The lowest BCUT2D eigenvalue weighted by Crippen LogP contribution is -2.37. The lowest BCUT2D eigenvalue weighted by molar-refractivity contribution is -0.123. The number of urea groups is 1. The lowest BCUT2D eigenvalue weighted by Gasteiger charge is -2.11. The summed E-state index contributed by atoms with van der Waals surface area (Å²) in [5, 5.41) is 4.63. The maximum absolute atomic E-state index is 12.2. The van der Waals surface area contributed by atoms with Gasteiger partial charge in [0.15, 0.2) is 6.61 Å². The van der Waals surface area contributed by atoms with Crippen LogP contribution in [-0.4, -0.2) is 38.7 Å². The number of anilines is 2. The summed E-state index contributed by atoms with van der Waals surface area (Å²) in [4.78, 5) is 36.0. The topological polar surface area (TPSA) is 131 Å². The Morgan fingerprint density at radius 1 is 1.03 bits per heavy atom. The zero-order chi connectivity index (χ0) is 23.0. The number of aryl methyl sites for hydroxylation is 2. The molecule has 3 amide bonds. The summed E-state index contributed by atoms with van der Waals surface area (Å²) in [5.41, 5.74) is 2.69. The summed E-state index contributed by atoms with van der Waals surface area (Å²) in [6, 6.07) is 10.4. The van der Waals surface area contributed by atoms with E-state index in [9.17, 15) is 22.8 Å². The highest BCUT2D eigenvalue weighted by Gasteiger charge is 2.15. The van der Waals surface area contributed by atoms with Gasteiger partial charge in [0.25, 0.3) is 5.91 Å². The molecule has 2 aromatic rings. The average molecular weight is 448 g/mol. The van der Waals surface area contributed by atoms with Crippen LogP contribution < -0.4 is 15.4 Å². The molecule has 2 aromatic carbocycles. The zero-order valence-electron chi connectivity index (χ0n) is 17.5. The minimum Gasteiger partial charge on any atom is -0.452 e. The molecule has 9 nitrogen and oxygen atoms in total. The number of sulfonamides is 1. The van der Waals surface area contributed by atoms with Crippen LogP contribution in [-0.2, 0) is 19.6 Å². The molecular formula is C21H25N3O6S. The number of ether oxygens (including phenoxy) is 1. The van der Waals surface area contributed by atoms with Gasteiger partial charge in [-0.3, -0.25) is 14.8 Å². The van der Waals surface area contributed by atoms with Gasteiger partial charge in [0.1, 0.15) is 0 Å². The van der Waals surface area contributed by atoms with Gasteiger partial charge in [-0.15, -0.1) is 0 Å². The van der Waals surface area contributed by atoms with Crippen molar-refractivity contribution in [1.29, 1.82) is 0 Å². The maximum atomic E-state index is 12.2. The van der Waals surface area contributed by atoms with Crippen molar-refractivity contribution in [3.63, 3.8) is 0 Å². The predicted molar refractivity (Wildman–Crippen MR) is 118 cm³/mol. The molecule has 31 heavy (non-hydrogen) atoms. The third-order valence-corrected chi connectivity index (χ3v) is 5.55.